The maximum absolute atomic E-state index is 12.9. The quantitative estimate of drug-likeness (QED) is 0.285. The fraction of sp³-hybridized carbons (Fsp3) is 0.435. The highest BCUT2D eigenvalue weighted by atomic mass is 16.7. The molecule has 1 aromatic rings. The lowest BCUT2D eigenvalue weighted by Gasteiger charge is -2.21. The number of fused-ring (bicyclic) bond motifs is 1. The number of phenols is 1. The summed E-state index contributed by atoms with van der Waals surface area (Å²) in [4.78, 5) is 40.4. The van der Waals surface area contributed by atoms with E-state index < -0.39 is 42.0 Å². The van der Waals surface area contributed by atoms with E-state index in [-0.39, 0.29) is 42.2 Å². The second-order valence-electron chi connectivity index (χ2n) is 7.59. The van der Waals surface area contributed by atoms with E-state index >= 15 is 0 Å². The Morgan fingerprint density at radius 2 is 1.94 bits per heavy atom. The summed E-state index contributed by atoms with van der Waals surface area (Å²) in [5, 5.41) is 30.6. The summed E-state index contributed by atoms with van der Waals surface area (Å²) in [6.07, 6.45) is 1.74. The number of aromatic hydroxyl groups is 1. The molecule has 0 aromatic heterocycles. The molecule has 1 aliphatic heterocycles. The molecule has 0 aliphatic carbocycles. The van der Waals surface area contributed by atoms with Crippen molar-refractivity contribution >= 4 is 23.8 Å². The first-order valence-corrected chi connectivity index (χ1v) is 10.5. The largest absolute Gasteiger partial charge is 0.507 e. The second-order valence-corrected chi connectivity index (χ2v) is 7.59. The van der Waals surface area contributed by atoms with E-state index in [2.05, 4.69) is 10.3 Å². The van der Waals surface area contributed by atoms with Crippen LogP contribution in [0.15, 0.2) is 30.4 Å². The lowest BCUT2D eigenvalue weighted by molar-refractivity contribution is -0.148. The summed E-state index contributed by atoms with van der Waals surface area (Å²) in [6.45, 7) is 4.79. The van der Waals surface area contributed by atoms with Crippen LogP contribution in [0, 0.1) is 5.92 Å². The van der Waals surface area contributed by atoms with Crippen molar-refractivity contribution in [3.63, 3.8) is 0 Å². The standard InChI is InChI=1S/C23H29NO9/c1-13-7-8-19(28)22(29)18(27)6-4-5-16-20(31-12-11-24-33-15(3)25)10-9-17(26)21(16)23(30)32-14(13)2/h4-5,7-10,13-14,18,22,24,26-27,29H,6,11-12H2,1-3H3/b5-4+,8-7-/t13?,14-,18-,22?/m0/s1. The van der Waals surface area contributed by atoms with Gasteiger partial charge in [0.1, 0.15) is 35.9 Å². The summed E-state index contributed by atoms with van der Waals surface area (Å²) in [6, 6.07) is 2.74. The first-order valence-electron chi connectivity index (χ1n) is 10.5. The highest BCUT2D eigenvalue weighted by Crippen LogP contribution is 2.33. The van der Waals surface area contributed by atoms with Crippen LogP contribution in [-0.2, 0) is 19.2 Å². The minimum Gasteiger partial charge on any atom is -0.507 e. The van der Waals surface area contributed by atoms with Gasteiger partial charge in [-0.25, -0.2) is 4.79 Å². The van der Waals surface area contributed by atoms with Crippen molar-refractivity contribution in [1.29, 1.82) is 0 Å². The van der Waals surface area contributed by atoms with Gasteiger partial charge < -0.3 is 29.6 Å². The third-order valence-corrected chi connectivity index (χ3v) is 4.98. The molecule has 1 heterocycles. The van der Waals surface area contributed by atoms with Crippen molar-refractivity contribution < 1.29 is 44.0 Å². The Kier molecular flexibility index (Phi) is 9.58. The Hall–Kier alpha value is -3.21. The van der Waals surface area contributed by atoms with Gasteiger partial charge in [0.2, 0.25) is 0 Å². The number of nitrogens with one attached hydrogen (secondary N) is 1. The van der Waals surface area contributed by atoms with Crippen LogP contribution in [0.25, 0.3) is 6.08 Å². The predicted molar refractivity (Wildman–Crippen MR) is 117 cm³/mol. The zero-order valence-electron chi connectivity index (χ0n) is 18.7. The van der Waals surface area contributed by atoms with E-state index in [9.17, 15) is 29.7 Å². The van der Waals surface area contributed by atoms with E-state index in [0.717, 1.165) is 6.08 Å². The second kappa shape index (κ2) is 12.1. The molecule has 0 saturated heterocycles. The summed E-state index contributed by atoms with van der Waals surface area (Å²) >= 11 is 0. The van der Waals surface area contributed by atoms with Gasteiger partial charge in [-0.05, 0) is 31.6 Å². The van der Waals surface area contributed by atoms with Gasteiger partial charge in [-0.15, -0.1) is 5.48 Å². The van der Waals surface area contributed by atoms with Crippen LogP contribution in [0.1, 0.15) is 43.1 Å². The number of aliphatic hydroxyl groups is 2. The van der Waals surface area contributed by atoms with Crippen molar-refractivity contribution in [3.05, 3.63) is 41.5 Å². The number of cyclic esters (lactones) is 1. The van der Waals surface area contributed by atoms with Gasteiger partial charge >= 0.3 is 11.9 Å². The molecule has 0 radical (unpaired) electrons. The number of carbonyl (C=O) groups excluding carboxylic acids is 3. The van der Waals surface area contributed by atoms with Crippen LogP contribution < -0.4 is 10.2 Å². The zero-order valence-corrected chi connectivity index (χ0v) is 18.7. The van der Waals surface area contributed by atoms with Gasteiger partial charge in [-0.2, -0.15) is 0 Å². The van der Waals surface area contributed by atoms with E-state index in [1.54, 1.807) is 13.8 Å². The van der Waals surface area contributed by atoms with E-state index in [4.69, 9.17) is 9.47 Å². The molecule has 2 rings (SSSR count). The molecule has 4 N–H and O–H groups in total. The minimum atomic E-state index is -1.62. The van der Waals surface area contributed by atoms with Crippen LogP contribution in [0.4, 0.5) is 0 Å². The van der Waals surface area contributed by atoms with Gasteiger partial charge in [0.15, 0.2) is 5.78 Å². The Morgan fingerprint density at radius 3 is 2.64 bits per heavy atom. The SMILES string of the molecule is CC(=O)ONCCOc1ccc(O)c2c1/C=C/C[C@H](O)C(O)C(=O)/C=C\C(C)[C@H](C)OC2=O. The molecule has 0 amide bonds. The molecule has 4 atom stereocenters. The molecule has 1 aromatic carbocycles. The van der Waals surface area contributed by atoms with Gasteiger partial charge in [0, 0.05) is 18.4 Å². The van der Waals surface area contributed by atoms with Crippen molar-refractivity contribution in [2.24, 2.45) is 5.92 Å². The number of rotatable bonds is 5. The van der Waals surface area contributed by atoms with Crippen LogP contribution in [0.5, 0.6) is 11.5 Å². The summed E-state index contributed by atoms with van der Waals surface area (Å²) in [5.74, 6) is -2.48. The molecular weight excluding hydrogens is 434 g/mol. The number of phenolic OH excluding ortho intramolecular Hbond substituents is 1. The van der Waals surface area contributed by atoms with Crippen LogP contribution in [0.2, 0.25) is 0 Å². The smallest absolute Gasteiger partial charge is 0.342 e. The lowest BCUT2D eigenvalue weighted by atomic mass is 9.99. The average molecular weight is 463 g/mol. The first kappa shape index (κ1) is 26.0. The Balaban J connectivity index is 2.39. The number of ether oxygens (including phenoxy) is 2. The van der Waals surface area contributed by atoms with Gasteiger partial charge in [0.25, 0.3) is 0 Å². The third-order valence-electron chi connectivity index (χ3n) is 4.98. The van der Waals surface area contributed by atoms with Gasteiger partial charge in [-0.1, -0.05) is 25.2 Å². The number of esters is 1. The minimum absolute atomic E-state index is 0.0570. The molecule has 0 bridgehead atoms. The van der Waals surface area contributed by atoms with E-state index in [1.165, 1.54) is 37.3 Å². The number of carbonyl (C=O) groups is 3. The number of benzene rings is 1. The van der Waals surface area contributed by atoms with Gasteiger partial charge in [-0.3, -0.25) is 9.59 Å². The number of hydrogen-bond donors (Lipinski definition) is 4. The maximum atomic E-state index is 12.9. The topological polar surface area (TPSA) is 152 Å². The Labute approximate surface area is 191 Å². The van der Waals surface area contributed by atoms with Crippen molar-refractivity contribution in [2.75, 3.05) is 13.2 Å². The average Bonchev–Trinajstić information content (AvgIpc) is 2.76. The molecule has 2 unspecified atom stereocenters. The molecule has 180 valence electrons. The lowest BCUT2D eigenvalue weighted by Crippen LogP contribution is -2.32. The zero-order chi connectivity index (χ0) is 24.5. The van der Waals surface area contributed by atoms with Crippen molar-refractivity contribution in [1.82, 2.24) is 5.48 Å². The molecule has 0 saturated carbocycles. The van der Waals surface area contributed by atoms with E-state index in [0.29, 0.717) is 0 Å². The highest BCUT2D eigenvalue weighted by molar-refractivity contribution is 5.98. The number of hydrogen-bond acceptors (Lipinski definition) is 10. The third kappa shape index (κ3) is 7.41. The summed E-state index contributed by atoms with van der Waals surface area (Å²) in [5.41, 5.74) is 2.47. The molecule has 10 nitrogen and oxygen atoms in total. The molecule has 33 heavy (non-hydrogen) atoms. The summed E-state index contributed by atoms with van der Waals surface area (Å²) < 4.78 is 11.2. The number of hydroxylamine groups is 1. The first-order chi connectivity index (χ1) is 15.6. The Morgan fingerprint density at radius 1 is 1.21 bits per heavy atom. The molecule has 0 spiro atoms. The van der Waals surface area contributed by atoms with E-state index in [1.807, 2.05) is 0 Å². The molecule has 10 heteroatoms. The van der Waals surface area contributed by atoms with Crippen LogP contribution in [0.3, 0.4) is 0 Å². The fourth-order valence-corrected chi connectivity index (χ4v) is 2.93. The number of aliphatic hydroxyl groups excluding tert-OH is 2. The van der Waals surface area contributed by atoms with Gasteiger partial charge in [0.05, 0.1) is 12.6 Å². The monoisotopic (exact) mass is 463 g/mol. The predicted octanol–water partition coefficient (Wildman–Crippen LogP) is 1.28. The van der Waals surface area contributed by atoms with Crippen molar-refractivity contribution in [2.45, 2.75) is 45.5 Å². The molecule has 1 aliphatic rings. The maximum Gasteiger partial charge on any atom is 0.342 e. The van der Waals surface area contributed by atoms with Crippen molar-refractivity contribution in [3.8, 4) is 11.5 Å². The molecule has 0 fully saturated rings. The fourth-order valence-electron chi connectivity index (χ4n) is 2.93. The molecular formula is C23H29NO9. The van der Waals surface area contributed by atoms with Crippen LogP contribution in [-0.4, -0.2) is 64.5 Å². The Bertz CT molecular complexity index is 925. The normalized spacial score (nSPS) is 25.8. The summed E-state index contributed by atoms with van der Waals surface area (Å²) in [7, 11) is 0. The number of ketones is 1. The van der Waals surface area contributed by atoms with Crippen LogP contribution >= 0.6 is 0 Å². The highest BCUT2D eigenvalue weighted by Gasteiger charge is 2.26.